The highest BCUT2D eigenvalue weighted by Crippen LogP contribution is 2.32. The molecule has 0 amide bonds. The normalized spacial score (nSPS) is 20.3. The van der Waals surface area contributed by atoms with Crippen LogP contribution in [0.1, 0.15) is 25.0 Å². The monoisotopic (exact) mass is 272 g/mol. The standard InChI is InChI=1S/C13H11F3O3/c1-12(2)10(18-11(17)19-12)7-8-3-5-9(6-4-8)13(14,15)16/h3-7H,1-2H3/b10-7+. The molecule has 0 bridgehead atoms. The third kappa shape index (κ3) is 2.89. The maximum atomic E-state index is 12.4. The van der Waals surface area contributed by atoms with Crippen molar-refractivity contribution in [3.8, 4) is 0 Å². The van der Waals surface area contributed by atoms with E-state index in [1.165, 1.54) is 18.2 Å². The predicted molar refractivity (Wildman–Crippen MR) is 61.1 cm³/mol. The molecule has 1 aliphatic heterocycles. The average molecular weight is 272 g/mol. The molecule has 1 aliphatic rings. The lowest BCUT2D eigenvalue weighted by molar-refractivity contribution is -0.137. The number of ether oxygens (including phenoxy) is 2. The highest BCUT2D eigenvalue weighted by Gasteiger charge is 2.39. The van der Waals surface area contributed by atoms with Crippen LogP contribution in [0.15, 0.2) is 30.0 Å². The summed E-state index contributed by atoms with van der Waals surface area (Å²) in [4.78, 5) is 11.0. The molecule has 0 saturated carbocycles. The highest BCUT2D eigenvalue weighted by atomic mass is 19.4. The Morgan fingerprint density at radius 3 is 2.16 bits per heavy atom. The number of carbonyl (C=O) groups is 1. The molecule has 1 saturated heterocycles. The number of hydrogen-bond donors (Lipinski definition) is 0. The van der Waals surface area contributed by atoms with Gasteiger partial charge in [0.25, 0.3) is 0 Å². The zero-order valence-electron chi connectivity index (χ0n) is 10.2. The summed E-state index contributed by atoms with van der Waals surface area (Å²) >= 11 is 0. The van der Waals surface area contributed by atoms with Crippen LogP contribution in [0.25, 0.3) is 6.08 Å². The summed E-state index contributed by atoms with van der Waals surface area (Å²) < 4.78 is 46.9. The fourth-order valence-electron chi connectivity index (χ4n) is 1.62. The Bertz CT molecular complexity index is 527. The number of benzene rings is 1. The molecule has 6 heteroatoms. The lowest BCUT2D eigenvalue weighted by atomic mass is 10.0. The van der Waals surface area contributed by atoms with Crippen LogP contribution in [0.2, 0.25) is 0 Å². The number of cyclic esters (lactones) is 2. The highest BCUT2D eigenvalue weighted by molar-refractivity contribution is 5.69. The van der Waals surface area contributed by atoms with E-state index in [1.54, 1.807) is 13.8 Å². The molecule has 102 valence electrons. The lowest BCUT2D eigenvalue weighted by Gasteiger charge is -2.14. The Balaban J connectivity index is 2.27. The molecule has 0 atom stereocenters. The van der Waals surface area contributed by atoms with Gasteiger partial charge in [-0.25, -0.2) is 4.79 Å². The largest absolute Gasteiger partial charge is 0.514 e. The molecule has 0 spiro atoms. The topological polar surface area (TPSA) is 35.5 Å². The Morgan fingerprint density at radius 2 is 1.74 bits per heavy atom. The maximum Gasteiger partial charge on any atom is 0.514 e. The van der Waals surface area contributed by atoms with Gasteiger partial charge in [0.2, 0.25) is 0 Å². The van der Waals surface area contributed by atoms with Gasteiger partial charge in [-0.15, -0.1) is 0 Å². The molecular weight excluding hydrogens is 261 g/mol. The van der Waals surface area contributed by atoms with E-state index in [0.717, 1.165) is 12.1 Å². The van der Waals surface area contributed by atoms with Gasteiger partial charge in [0.1, 0.15) is 0 Å². The van der Waals surface area contributed by atoms with Crippen LogP contribution < -0.4 is 0 Å². The smallest absolute Gasteiger partial charge is 0.420 e. The van der Waals surface area contributed by atoms with Crippen LogP contribution in [0.5, 0.6) is 0 Å². The van der Waals surface area contributed by atoms with Crippen molar-refractivity contribution in [3.05, 3.63) is 41.2 Å². The molecular formula is C13H11F3O3. The van der Waals surface area contributed by atoms with Gasteiger partial charge >= 0.3 is 12.3 Å². The number of rotatable bonds is 1. The summed E-state index contributed by atoms with van der Waals surface area (Å²) in [6.07, 6.45) is -3.71. The second kappa shape index (κ2) is 4.29. The van der Waals surface area contributed by atoms with Gasteiger partial charge in [-0.3, -0.25) is 0 Å². The van der Waals surface area contributed by atoms with E-state index in [4.69, 9.17) is 9.47 Å². The van der Waals surface area contributed by atoms with E-state index >= 15 is 0 Å². The van der Waals surface area contributed by atoms with Crippen LogP contribution in [0, 0.1) is 0 Å². The van der Waals surface area contributed by atoms with E-state index in [0.29, 0.717) is 5.56 Å². The first-order chi connectivity index (χ1) is 8.68. The van der Waals surface area contributed by atoms with Crippen molar-refractivity contribution in [2.75, 3.05) is 0 Å². The Hall–Kier alpha value is -1.98. The molecule has 1 aromatic carbocycles. The van der Waals surface area contributed by atoms with Gasteiger partial charge in [0, 0.05) is 0 Å². The second-order valence-electron chi connectivity index (χ2n) is 4.59. The number of hydrogen-bond acceptors (Lipinski definition) is 3. The van der Waals surface area contributed by atoms with Crippen LogP contribution >= 0.6 is 0 Å². The summed E-state index contributed by atoms with van der Waals surface area (Å²) in [5.74, 6) is 0.261. The molecule has 2 rings (SSSR count). The van der Waals surface area contributed by atoms with E-state index in [-0.39, 0.29) is 5.76 Å². The van der Waals surface area contributed by atoms with Gasteiger partial charge in [-0.2, -0.15) is 13.2 Å². The quantitative estimate of drug-likeness (QED) is 0.725. The van der Waals surface area contributed by atoms with Gasteiger partial charge in [-0.1, -0.05) is 12.1 Å². The number of alkyl halides is 3. The first kappa shape index (κ1) is 13.5. The molecule has 3 nitrogen and oxygen atoms in total. The molecule has 0 aliphatic carbocycles. The first-order valence-electron chi connectivity index (χ1n) is 5.49. The molecule has 19 heavy (non-hydrogen) atoms. The van der Waals surface area contributed by atoms with Crippen molar-refractivity contribution in [2.24, 2.45) is 0 Å². The van der Waals surface area contributed by atoms with E-state index < -0.39 is 23.5 Å². The van der Waals surface area contributed by atoms with Crippen molar-refractivity contribution in [2.45, 2.75) is 25.6 Å². The minimum absolute atomic E-state index is 0.261. The van der Waals surface area contributed by atoms with E-state index in [1.807, 2.05) is 0 Å². The average Bonchev–Trinajstić information content (AvgIpc) is 2.51. The third-order valence-corrected chi connectivity index (χ3v) is 2.66. The fourth-order valence-corrected chi connectivity index (χ4v) is 1.62. The third-order valence-electron chi connectivity index (χ3n) is 2.66. The van der Waals surface area contributed by atoms with E-state index in [2.05, 4.69) is 0 Å². The van der Waals surface area contributed by atoms with Gasteiger partial charge in [-0.05, 0) is 37.6 Å². The summed E-state index contributed by atoms with van der Waals surface area (Å²) in [7, 11) is 0. The van der Waals surface area contributed by atoms with Gasteiger partial charge < -0.3 is 9.47 Å². The Kier molecular flexibility index (Phi) is 3.04. The number of halogens is 3. The fraction of sp³-hybridized carbons (Fsp3) is 0.308. The lowest BCUT2D eigenvalue weighted by Crippen LogP contribution is -2.20. The zero-order valence-corrected chi connectivity index (χ0v) is 10.2. The van der Waals surface area contributed by atoms with Gasteiger partial charge in [0.05, 0.1) is 5.56 Å². The van der Waals surface area contributed by atoms with Crippen molar-refractivity contribution in [3.63, 3.8) is 0 Å². The molecule has 0 aromatic heterocycles. The minimum Gasteiger partial charge on any atom is -0.420 e. The zero-order chi connectivity index (χ0) is 14.3. The summed E-state index contributed by atoms with van der Waals surface area (Å²) in [5, 5.41) is 0. The summed E-state index contributed by atoms with van der Waals surface area (Å²) in [5.41, 5.74) is -1.15. The van der Waals surface area contributed by atoms with Crippen LogP contribution in [-0.2, 0) is 15.7 Å². The van der Waals surface area contributed by atoms with E-state index in [9.17, 15) is 18.0 Å². The maximum absolute atomic E-state index is 12.4. The summed E-state index contributed by atoms with van der Waals surface area (Å²) in [6.45, 7) is 3.27. The Labute approximate surface area is 107 Å². The first-order valence-corrected chi connectivity index (χ1v) is 5.49. The van der Waals surface area contributed by atoms with Crippen LogP contribution in [0.4, 0.5) is 18.0 Å². The SMILES string of the molecule is CC1(C)OC(=O)O/C1=C/c1ccc(C(F)(F)F)cc1. The molecule has 0 radical (unpaired) electrons. The van der Waals surface area contributed by atoms with Crippen molar-refractivity contribution in [1.82, 2.24) is 0 Å². The molecule has 0 N–H and O–H groups in total. The van der Waals surface area contributed by atoms with Gasteiger partial charge in [0.15, 0.2) is 11.4 Å². The predicted octanol–water partition coefficient (Wildman–Crippen LogP) is 3.99. The molecule has 0 unspecified atom stereocenters. The van der Waals surface area contributed by atoms with Crippen LogP contribution in [-0.4, -0.2) is 11.8 Å². The minimum atomic E-state index is -4.37. The molecule has 1 heterocycles. The van der Waals surface area contributed by atoms with Crippen molar-refractivity contribution >= 4 is 12.2 Å². The molecule has 1 fully saturated rings. The van der Waals surface area contributed by atoms with Crippen molar-refractivity contribution < 1.29 is 27.4 Å². The second-order valence-corrected chi connectivity index (χ2v) is 4.59. The Morgan fingerprint density at radius 1 is 1.16 bits per heavy atom. The molecule has 1 aromatic rings. The summed E-state index contributed by atoms with van der Waals surface area (Å²) in [6, 6.07) is 4.55. The van der Waals surface area contributed by atoms with Crippen LogP contribution in [0.3, 0.4) is 0 Å². The number of carbonyl (C=O) groups excluding carboxylic acids is 1. The van der Waals surface area contributed by atoms with Crippen molar-refractivity contribution in [1.29, 1.82) is 0 Å².